The summed E-state index contributed by atoms with van der Waals surface area (Å²) in [5.74, 6) is 1.74. The Bertz CT molecular complexity index is 1320. The average Bonchev–Trinajstić information content (AvgIpc) is 3.57. The van der Waals surface area contributed by atoms with Crippen molar-refractivity contribution in [1.29, 1.82) is 0 Å². The van der Waals surface area contributed by atoms with Crippen molar-refractivity contribution >= 4 is 51.7 Å². The van der Waals surface area contributed by atoms with Crippen LogP contribution >= 0.6 is 34.5 Å². The number of nitrogens with zero attached hydrogens (tertiary/aromatic N) is 1. The van der Waals surface area contributed by atoms with Gasteiger partial charge in [-0.05, 0) is 67.6 Å². The number of benzene rings is 1. The van der Waals surface area contributed by atoms with Gasteiger partial charge in [-0.3, -0.25) is 4.79 Å². The highest BCUT2D eigenvalue weighted by Crippen LogP contribution is 2.40. The third kappa shape index (κ3) is 4.64. The van der Waals surface area contributed by atoms with Gasteiger partial charge in [-0.15, -0.1) is 11.3 Å². The van der Waals surface area contributed by atoms with E-state index in [1.165, 1.54) is 4.88 Å². The lowest BCUT2D eigenvalue weighted by molar-refractivity contribution is 0.0948. The molecule has 1 N–H and O–H groups in total. The van der Waals surface area contributed by atoms with E-state index in [1.807, 2.05) is 30.3 Å². The molecule has 0 bridgehead atoms. The van der Waals surface area contributed by atoms with Crippen LogP contribution in [0.3, 0.4) is 0 Å². The predicted molar refractivity (Wildman–Crippen MR) is 132 cm³/mol. The molecule has 33 heavy (non-hydrogen) atoms. The number of aryl methyl sites for hydroxylation is 1. The number of thiophene rings is 1. The maximum absolute atomic E-state index is 13.1. The lowest BCUT2D eigenvalue weighted by Crippen LogP contribution is -2.23. The summed E-state index contributed by atoms with van der Waals surface area (Å²) >= 11 is 14.0. The number of halogens is 2. The highest BCUT2D eigenvalue weighted by Gasteiger charge is 2.25. The molecule has 3 aromatic heterocycles. The van der Waals surface area contributed by atoms with Crippen LogP contribution in [-0.4, -0.2) is 12.1 Å². The summed E-state index contributed by atoms with van der Waals surface area (Å²) < 4.78 is 11.3. The van der Waals surface area contributed by atoms with Gasteiger partial charge in [-0.1, -0.05) is 29.3 Å². The molecule has 0 radical (unpaired) electrons. The zero-order valence-corrected chi connectivity index (χ0v) is 19.9. The number of carbonyl (C=O) groups is 1. The van der Waals surface area contributed by atoms with E-state index in [9.17, 15) is 4.79 Å². The Kier molecular flexibility index (Phi) is 6.40. The minimum atomic E-state index is -0.135. The molecular formula is C25H20Cl2N2O3S. The first-order valence-electron chi connectivity index (χ1n) is 10.6. The molecule has 0 spiro atoms. The maximum atomic E-state index is 13.1. The minimum absolute atomic E-state index is 0.135. The summed E-state index contributed by atoms with van der Waals surface area (Å²) in [5, 5.41) is 4.57. The molecule has 0 fully saturated rings. The molecule has 0 saturated carbocycles. The zero-order valence-electron chi connectivity index (χ0n) is 17.6. The second-order valence-corrected chi connectivity index (χ2v) is 9.58. The van der Waals surface area contributed by atoms with Gasteiger partial charge >= 0.3 is 0 Å². The fraction of sp³-hybridized carbons (Fsp3) is 0.200. The van der Waals surface area contributed by atoms with E-state index >= 15 is 0 Å². The van der Waals surface area contributed by atoms with Crippen molar-refractivity contribution in [3.8, 4) is 11.3 Å². The molecule has 4 aromatic rings. The van der Waals surface area contributed by atoms with Crippen molar-refractivity contribution in [2.75, 3.05) is 0 Å². The van der Waals surface area contributed by atoms with Gasteiger partial charge in [0.1, 0.15) is 22.3 Å². The summed E-state index contributed by atoms with van der Waals surface area (Å²) in [5.41, 5.74) is 2.48. The van der Waals surface area contributed by atoms with Crippen LogP contribution in [0.5, 0.6) is 0 Å². The fourth-order valence-corrected chi connectivity index (χ4v) is 5.55. The first-order valence-corrected chi connectivity index (χ1v) is 12.2. The van der Waals surface area contributed by atoms with Crippen LogP contribution in [0.15, 0.2) is 62.6 Å². The van der Waals surface area contributed by atoms with Gasteiger partial charge in [0, 0.05) is 10.4 Å². The van der Waals surface area contributed by atoms with Gasteiger partial charge in [-0.2, -0.15) is 0 Å². The van der Waals surface area contributed by atoms with Crippen molar-refractivity contribution in [1.82, 2.24) is 5.32 Å². The molecule has 3 heterocycles. The first kappa shape index (κ1) is 22.0. The lowest BCUT2D eigenvalue weighted by atomic mass is 9.95. The van der Waals surface area contributed by atoms with Gasteiger partial charge in [0.05, 0.1) is 34.6 Å². The zero-order chi connectivity index (χ0) is 22.8. The van der Waals surface area contributed by atoms with E-state index in [0.717, 1.165) is 31.2 Å². The first-order chi connectivity index (χ1) is 16.1. The highest BCUT2D eigenvalue weighted by atomic mass is 35.5. The van der Waals surface area contributed by atoms with Crippen LogP contribution in [0.2, 0.25) is 10.0 Å². The molecule has 0 aliphatic heterocycles. The standard InChI is InChI=1S/C25H20Cl2N2O3S/c26-19-8-3-7-17(23(19)27)20-11-10-16(32-20)14-29-25-22(18-6-1-2-9-21(18)33-25)24(30)28-13-15-5-4-12-31-15/h3-5,7-8,10-12,14H,1-2,6,9,13H2,(H,28,30)/b29-14-. The van der Waals surface area contributed by atoms with Gasteiger partial charge in [0.25, 0.3) is 5.91 Å². The van der Waals surface area contributed by atoms with Crippen LogP contribution in [0.25, 0.3) is 11.3 Å². The molecule has 1 aliphatic rings. The van der Waals surface area contributed by atoms with E-state index in [-0.39, 0.29) is 5.91 Å². The quantitative estimate of drug-likeness (QED) is 0.280. The molecular weight excluding hydrogens is 479 g/mol. The van der Waals surface area contributed by atoms with Crippen molar-refractivity contribution in [3.63, 3.8) is 0 Å². The molecule has 5 nitrogen and oxygen atoms in total. The molecule has 1 aromatic carbocycles. The predicted octanol–water partition coefficient (Wildman–Crippen LogP) is 7.47. The number of hydrogen-bond acceptors (Lipinski definition) is 5. The Hall–Kier alpha value is -2.80. The topological polar surface area (TPSA) is 67.7 Å². The number of rotatable bonds is 6. The van der Waals surface area contributed by atoms with Crippen LogP contribution in [-0.2, 0) is 19.4 Å². The minimum Gasteiger partial charge on any atom is -0.467 e. The van der Waals surface area contributed by atoms with E-state index in [1.54, 1.807) is 35.9 Å². The van der Waals surface area contributed by atoms with E-state index in [4.69, 9.17) is 32.0 Å². The third-order valence-corrected chi connectivity index (χ3v) is 7.55. The number of carbonyl (C=O) groups excluding carboxylic acids is 1. The van der Waals surface area contributed by atoms with Gasteiger partial charge < -0.3 is 14.2 Å². The SMILES string of the molecule is O=C(NCc1ccco1)c1c(/N=C\c2ccc(-c3cccc(Cl)c3Cl)o2)sc2c1CCCC2. The van der Waals surface area contributed by atoms with Gasteiger partial charge in [-0.25, -0.2) is 4.99 Å². The van der Waals surface area contributed by atoms with Gasteiger partial charge in [0.15, 0.2) is 0 Å². The van der Waals surface area contributed by atoms with Crippen molar-refractivity contribution in [2.45, 2.75) is 32.2 Å². The molecule has 1 amide bonds. The summed E-state index contributed by atoms with van der Waals surface area (Å²) in [6.45, 7) is 0.335. The highest BCUT2D eigenvalue weighted by molar-refractivity contribution is 7.16. The van der Waals surface area contributed by atoms with E-state index in [2.05, 4.69) is 10.3 Å². The Morgan fingerprint density at radius 2 is 2.00 bits per heavy atom. The number of amides is 1. The summed E-state index contributed by atoms with van der Waals surface area (Å²) in [6, 6.07) is 12.7. The lowest BCUT2D eigenvalue weighted by Gasteiger charge is -2.12. The van der Waals surface area contributed by atoms with Crippen LogP contribution in [0.4, 0.5) is 5.00 Å². The molecule has 0 atom stereocenters. The molecule has 0 unspecified atom stereocenters. The third-order valence-electron chi connectivity index (χ3n) is 5.54. The van der Waals surface area contributed by atoms with Crippen LogP contribution in [0.1, 0.15) is 45.2 Å². The largest absolute Gasteiger partial charge is 0.467 e. The smallest absolute Gasteiger partial charge is 0.255 e. The van der Waals surface area contributed by atoms with Crippen LogP contribution in [0, 0.1) is 0 Å². The number of nitrogens with one attached hydrogen (secondary N) is 1. The normalized spacial score (nSPS) is 13.4. The fourth-order valence-electron chi connectivity index (χ4n) is 3.93. The Balaban J connectivity index is 1.41. The Morgan fingerprint density at radius 3 is 2.85 bits per heavy atom. The number of fused-ring (bicyclic) bond motifs is 1. The number of furan rings is 2. The molecule has 5 rings (SSSR count). The van der Waals surface area contributed by atoms with Gasteiger partial charge in [0.2, 0.25) is 0 Å². The molecule has 8 heteroatoms. The summed E-state index contributed by atoms with van der Waals surface area (Å²) in [4.78, 5) is 19.0. The van der Waals surface area contributed by atoms with E-state index in [0.29, 0.717) is 50.0 Å². The summed E-state index contributed by atoms with van der Waals surface area (Å²) in [7, 11) is 0. The Labute approximate surface area is 205 Å². The maximum Gasteiger partial charge on any atom is 0.255 e. The second-order valence-electron chi connectivity index (χ2n) is 7.71. The second kappa shape index (κ2) is 9.59. The van der Waals surface area contributed by atoms with Crippen molar-refractivity contribution in [3.05, 3.63) is 86.3 Å². The Morgan fingerprint density at radius 1 is 1.12 bits per heavy atom. The molecule has 1 aliphatic carbocycles. The van der Waals surface area contributed by atoms with Crippen molar-refractivity contribution < 1.29 is 13.6 Å². The summed E-state index contributed by atoms with van der Waals surface area (Å²) in [6.07, 6.45) is 7.31. The number of hydrogen-bond donors (Lipinski definition) is 1. The number of aliphatic imine (C=N–C) groups is 1. The monoisotopic (exact) mass is 498 g/mol. The van der Waals surface area contributed by atoms with Crippen molar-refractivity contribution in [2.24, 2.45) is 4.99 Å². The molecule has 168 valence electrons. The average molecular weight is 499 g/mol. The molecule has 0 saturated heterocycles. The van der Waals surface area contributed by atoms with E-state index < -0.39 is 0 Å². The van der Waals surface area contributed by atoms with Crippen LogP contribution < -0.4 is 5.32 Å².